The first-order valence-electron chi connectivity index (χ1n) is 10.9. The molecule has 0 atom stereocenters. The van der Waals surface area contributed by atoms with Crippen molar-refractivity contribution in [1.82, 2.24) is 5.01 Å². The van der Waals surface area contributed by atoms with Crippen LogP contribution in [0.5, 0.6) is 5.75 Å². The average molecular weight is 502 g/mol. The van der Waals surface area contributed by atoms with E-state index in [2.05, 4.69) is 10.1 Å². The third kappa shape index (κ3) is 4.20. The summed E-state index contributed by atoms with van der Waals surface area (Å²) in [6, 6.07) is 15.4. The molecule has 1 amide bonds. The summed E-state index contributed by atoms with van der Waals surface area (Å²) in [6.45, 7) is 4.13. The molecule has 0 bridgehead atoms. The number of hydrazone groups is 1. The van der Waals surface area contributed by atoms with Gasteiger partial charge < -0.3 is 9.15 Å². The van der Waals surface area contributed by atoms with E-state index >= 15 is 0 Å². The number of nitrogens with zero attached hydrogens (tertiary/aromatic N) is 4. The van der Waals surface area contributed by atoms with E-state index in [-0.39, 0.29) is 34.2 Å². The van der Waals surface area contributed by atoms with Gasteiger partial charge in [0.1, 0.15) is 22.3 Å². The highest BCUT2D eigenvalue weighted by Crippen LogP contribution is 2.36. The number of carbonyl (C=O) groups is 1. The molecule has 0 fully saturated rings. The van der Waals surface area contributed by atoms with E-state index in [1.165, 1.54) is 28.9 Å². The van der Waals surface area contributed by atoms with Gasteiger partial charge in [-0.1, -0.05) is 24.3 Å². The number of hydrogen-bond acceptors (Lipinski definition) is 8. The van der Waals surface area contributed by atoms with Crippen molar-refractivity contribution in [2.75, 3.05) is 6.61 Å². The third-order valence-electron chi connectivity index (χ3n) is 5.49. The Morgan fingerprint density at radius 2 is 2.00 bits per heavy atom. The molecule has 0 unspecified atom stereocenters. The number of amidine groups is 2. The molecular formula is C25H19N5O5S. The highest BCUT2D eigenvalue weighted by atomic mass is 32.2. The van der Waals surface area contributed by atoms with Gasteiger partial charge in [0.15, 0.2) is 5.84 Å². The van der Waals surface area contributed by atoms with Crippen molar-refractivity contribution in [2.24, 2.45) is 10.1 Å². The quantitative estimate of drug-likeness (QED) is 0.278. The number of benzene rings is 2. The molecule has 2 aliphatic heterocycles. The van der Waals surface area contributed by atoms with Crippen LogP contribution in [0.25, 0.3) is 17.4 Å². The van der Waals surface area contributed by atoms with Crippen LogP contribution >= 0.6 is 11.8 Å². The first kappa shape index (κ1) is 23.2. The lowest BCUT2D eigenvalue weighted by molar-refractivity contribution is -0.384. The van der Waals surface area contributed by atoms with E-state index in [1.54, 1.807) is 31.2 Å². The predicted octanol–water partition coefficient (Wildman–Crippen LogP) is 5.23. The van der Waals surface area contributed by atoms with Crippen LogP contribution in [0.1, 0.15) is 23.8 Å². The number of fused-ring (bicyclic) bond motifs is 1. The van der Waals surface area contributed by atoms with E-state index in [9.17, 15) is 14.9 Å². The summed E-state index contributed by atoms with van der Waals surface area (Å²) in [5.41, 5.74) is 2.01. The lowest BCUT2D eigenvalue weighted by atomic mass is 10.1. The largest absolute Gasteiger partial charge is 0.494 e. The highest BCUT2D eigenvalue weighted by Gasteiger charge is 2.36. The van der Waals surface area contributed by atoms with Crippen LogP contribution < -0.4 is 4.74 Å². The number of furan rings is 1. The monoisotopic (exact) mass is 501 g/mol. The van der Waals surface area contributed by atoms with E-state index < -0.39 is 10.8 Å². The molecule has 3 aromatic rings. The first-order valence-corrected chi connectivity index (χ1v) is 11.7. The molecule has 2 aliphatic rings. The summed E-state index contributed by atoms with van der Waals surface area (Å²) in [6.07, 6.45) is 1.39. The Bertz CT molecular complexity index is 1520. The fourth-order valence-electron chi connectivity index (χ4n) is 3.76. The number of aryl methyl sites for hydroxylation is 1. The number of carbonyl (C=O) groups excluding carboxylic acids is 1. The lowest BCUT2D eigenvalue weighted by Gasteiger charge is -2.19. The smallest absolute Gasteiger partial charge is 0.284 e. The molecule has 3 heterocycles. The normalized spacial score (nSPS) is 16.2. The predicted molar refractivity (Wildman–Crippen MR) is 137 cm³/mol. The lowest BCUT2D eigenvalue weighted by Crippen LogP contribution is -2.35. The first-order chi connectivity index (χ1) is 17.4. The van der Waals surface area contributed by atoms with Crippen molar-refractivity contribution < 1.29 is 18.9 Å². The summed E-state index contributed by atoms with van der Waals surface area (Å²) < 4.78 is 11.2. The molecular weight excluding hydrogens is 482 g/mol. The number of nitro groups is 1. The van der Waals surface area contributed by atoms with E-state index in [1.807, 2.05) is 31.2 Å². The number of nitrogens with one attached hydrogen (secondary N) is 1. The van der Waals surface area contributed by atoms with Crippen molar-refractivity contribution in [3.05, 3.63) is 87.2 Å². The van der Waals surface area contributed by atoms with Crippen LogP contribution in [0.2, 0.25) is 0 Å². The molecule has 0 saturated heterocycles. The van der Waals surface area contributed by atoms with Crippen molar-refractivity contribution >= 4 is 45.5 Å². The van der Waals surface area contributed by atoms with Gasteiger partial charge in [-0.2, -0.15) is 15.1 Å². The van der Waals surface area contributed by atoms with Gasteiger partial charge in [-0.05, 0) is 61.5 Å². The molecule has 11 heteroatoms. The second kappa shape index (κ2) is 9.27. The maximum absolute atomic E-state index is 12.7. The van der Waals surface area contributed by atoms with Gasteiger partial charge in [0.25, 0.3) is 11.6 Å². The van der Waals surface area contributed by atoms with Gasteiger partial charge >= 0.3 is 0 Å². The Hall–Kier alpha value is -4.51. The number of hydrogen-bond donors (Lipinski definition) is 1. The molecule has 0 aliphatic carbocycles. The minimum Gasteiger partial charge on any atom is -0.494 e. The number of amides is 1. The average Bonchev–Trinajstić information content (AvgIpc) is 3.49. The zero-order valence-electron chi connectivity index (χ0n) is 19.2. The minimum absolute atomic E-state index is 0.00349. The zero-order chi connectivity index (χ0) is 25.4. The van der Waals surface area contributed by atoms with Gasteiger partial charge in [-0.25, -0.2) is 0 Å². The van der Waals surface area contributed by atoms with Crippen LogP contribution in [0.15, 0.2) is 74.7 Å². The summed E-state index contributed by atoms with van der Waals surface area (Å²) in [7, 11) is 0. The standard InChI is InChI=1S/C25H19N5O5S/c1-3-34-15-8-10-18(20(13-15)30(32)33)21-11-9-16(35-21)12-19-22(26)29-25(27-23(19)31)36-24(28-29)17-7-5-4-6-14(17)2/h4-13,26H,3H2,1-2H3/b19-12+,26-22?. The van der Waals surface area contributed by atoms with E-state index in [4.69, 9.17) is 14.6 Å². The van der Waals surface area contributed by atoms with Gasteiger partial charge in [0, 0.05) is 5.56 Å². The molecule has 10 nitrogen and oxygen atoms in total. The van der Waals surface area contributed by atoms with Crippen LogP contribution in [0.4, 0.5) is 5.69 Å². The maximum Gasteiger partial charge on any atom is 0.284 e. The van der Waals surface area contributed by atoms with Gasteiger partial charge in [-0.3, -0.25) is 20.3 Å². The Labute approximate surface area is 209 Å². The van der Waals surface area contributed by atoms with Crippen LogP contribution in [0, 0.1) is 22.4 Å². The number of thioether (sulfide) groups is 1. The number of ether oxygens (including phenoxy) is 1. The van der Waals surface area contributed by atoms with Crippen molar-refractivity contribution in [1.29, 1.82) is 5.41 Å². The van der Waals surface area contributed by atoms with E-state index in [0.717, 1.165) is 11.1 Å². The van der Waals surface area contributed by atoms with Crippen molar-refractivity contribution in [2.45, 2.75) is 13.8 Å². The van der Waals surface area contributed by atoms with E-state index in [0.29, 0.717) is 22.6 Å². The van der Waals surface area contributed by atoms with Crippen LogP contribution in [-0.4, -0.2) is 38.5 Å². The summed E-state index contributed by atoms with van der Waals surface area (Å²) in [4.78, 5) is 28.0. The Kier molecular flexibility index (Phi) is 5.98. The molecule has 0 spiro atoms. The van der Waals surface area contributed by atoms with Gasteiger partial charge in [-0.15, -0.1) is 0 Å². The second-order valence-electron chi connectivity index (χ2n) is 7.81. The molecule has 36 heavy (non-hydrogen) atoms. The van der Waals surface area contributed by atoms with Crippen LogP contribution in [0.3, 0.4) is 0 Å². The molecule has 1 aromatic heterocycles. The minimum atomic E-state index is -0.593. The molecule has 1 N–H and O–H groups in total. The van der Waals surface area contributed by atoms with Gasteiger partial charge in [0.2, 0.25) is 5.17 Å². The highest BCUT2D eigenvalue weighted by molar-refractivity contribution is 8.27. The Balaban J connectivity index is 1.45. The summed E-state index contributed by atoms with van der Waals surface area (Å²) >= 11 is 1.23. The fourth-order valence-corrected chi connectivity index (χ4v) is 4.74. The number of aliphatic imine (C=N–C) groups is 1. The zero-order valence-corrected chi connectivity index (χ0v) is 20.0. The molecule has 0 radical (unpaired) electrons. The Morgan fingerprint density at radius 3 is 2.75 bits per heavy atom. The van der Waals surface area contributed by atoms with Crippen molar-refractivity contribution in [3.8, 4) is 17.1 Å². The summed E-state index contributed by atoms with van der Waals surface area (Å²) in [5.74, 6) is 0.143. The molecule has 180 valence electrons. The fraction of sp³-hybridized carbons (Fsp3) is 0.120. The molecule has 5 rings (SSSR count). The SMILES string of the molecule is CCOc1ccc(-c2ccc(/C=C3\C(=N)N4N=C(c5ccccc5C)SC4=NC3=O)o2)c([N+](=O)[O-])c1. The third-order valence-corrected chi connectivity index (χ3v) is 6.43. The van der Waals surface area contributed by atoms with Gasteiger partial charge in [0.05, 0.1) is 28.7 Å². The van der Waals surface area contributed by atoms with Crippen LogP contribution in [-0.2, 0) is 4.79 Å². The molecule has 2 aromatic carbocycles. The Morgan fingerprint density at radius 1 is 1.19 bits per heavy atom. The number of rotatable bonds is 6. The number of nitro benzene ring substituents is 1. The molecule has 0 saturated carbocycles. The summed E-state index contributed by atoms with van der Waals surface area (Å²) in [5, 5.41) is 27.0. The maximum atomic E-state index is 12.7. The van der Waals surface area contributed by atoms with Crippen molar-refractivity contribution in [3.63, 3.8) is 0 Å². The topological polar surface area (TPSA) is 134 Å². The second-order valence-corrected chi connectivity index (χ2v) is 8.77.